The van der Waals surface area contributed by atoms with Gasteiger partial charge >= 0.3 is 0 Å². The number of hydrogen-bond acceptors (Lipinski definition) is 3. The molecule has 80 valence electrons. The van der Waals surface area contributed by atoms with Crippen molar-refractivity contribution in [2.45, 2.75) is 46.1 Å². The van der Waals surface area contributed by atoms with Crippen molar-refractivity contribution >= 4 is 0 Å². The van der Waals surface area contributed by atoms with Crippen molar-refractivity contribution < 1.29 is 0 Å². The quantitative estimate of drug-likeness (QED) is 0.754. The monoisotopic (exact) mass is 196 g/mol. The van der Waals surface area contributed by atoms with E-state index in [1.165, 1.54) is 0 Å². The van der Waals surface area contributed by atoms with Gasteiger partial charge in [-0.05, 0) is 12.3 Å². The van der Waals surface area contributed by atoms with Gasteiger partial charge in [-0.15, -0.1) is 0 Å². The molecule has 4 heteroatoms. The molecule has 1 heterocycles. The van der Waals surface area contributed by atoms with Gasteiger partial charge in [0.05, 0.1) is 6.04 Å². The van der Waals surface area contributed by atoms with E-state index in [2.05, 4.69) is 36.0 Å². The van der Waals surface area contributed by atoms with E-state index >= 15 is 0 Å². The van der Waals surface area contributed by atoms with E-state index in [0.717, 1.165) is 30.9 Å². The molecule has 0 aromatic carbocycles. The highest BCUT2D eigenvalue weighted by Crippen LogP contribution is 2.18. The largest absolute Gasteiger partial charge is 0.321 e. The van der Waals surface area contributed by atoms with Crippen LogP contribution in [0.5, 0.6) is 0 Å². The second kappa shape index (κ2) is 5.10. The van der Waals surface area contributed by atoms with Crippen molar-refractivity contribution in [2.75, 3.05) is 0 Å². The average Bonchev–Trinajstić information content (AvgIpc) is 2.64. The van der Waals surface area contributed by atoms with Crippen LogP contribution in [0.15, 0.2) is 0 Å². The molecule has 1 unspecified atom stereocenters. The third-order valence-corrected chi connectivity index (χ3v) is 2.59. The maximum Gasteiger partial charge on any atom is 0.167 e. The van der Waals surface area contributed by atoms with Crippen LogP contribution in [0.4, 0.5) is 0 Å². The first kappa shape index (κ1) is 11.2. The molecule has 3 N–H and O–H groups in total. The highest BCUT2D eigenvalue weighted by Gasteiger charge is 2.17. The van der Waals surface area contributed by atoms with Gasteiger partial charge in [0.1, 0.15) is 5.82 Å². The number of aromatic nitrogens is 3. The Hall–Kier alpha value is -0.900. The molecule has 0 amide bonds. The molecule has 0 aliphatic carbocycles. The van der Waals surface area contributed by atoms with Crippen molar-refractivity contribution in [1.29, 1.82) is 0 Å². The number of H-pyrrole nitrogens is 1. The predicted octanol–water partition coefficient (Wildman–Crippen LogP) is 1.80. The zero-order chi connectivity index (χ0) is 10.6. The van der Waals surface area contributed by atoms with Crippen molar-refractivity contribution in [3.05, 3.63) is 11.6 Å². The van der Waals surface area contributed by atoms with Gasteiger partial charge in [-0.1, -0.05) is 27.2 Å². The lowest BCUT2D eigenvalue weighted by Crippen LogP contribution is -2.20. The lowest BCUT2D eigenvalue weighted by molar-refractivity contribution is 0.440. The van der Waals surface area contributed by atoms with Crippen LogP contribution in [-0.4, -0.2) is 15.2 Å². The van der Waals surface area contributed by atoms with Gasteiger partial charge in [0, 0.05) is 6.42 Å². The number of hydrogen-bond donors (Lipinski definition) is 2. The molecule has 2 atom stereocenters. The molecule has 0 saturated heterocycles. The minimum atomic E-state index is -0.0399. The van der Waals surface area contributed by atoms with Gasteiger partial charge in [-0.3, -0.25) is 5.10 Å². The first-order chi connectivity index (χ1) is 6.69. The van der Waals surface area contributed by atoms with Crippen molar-refractivity contribution in [3.63, 3.8) is 0 Å². The smallest absolute Gasteiger partial charge is 0.167 e. The fourth-order valence-electron chi connectivity index (χ4n) is 1.32. The zero-order valence-corrected chi connectivity index (χ0v) is 9.25. The van der Waals surface area contributed by atoms with E-state index in [4.69, 9.17) is 5.73 Å². The predicted molar refractivity (Wildman–Crippen MR) is 56.8 cm³/mol. The van der Waals surface area contributed by atoms with E-state index in [9.17, 15) is 0 Å². The Morgan fingerprint density at radius 3 is 2.71 bits per heavy atom. The minimum Gasteiger partial charge on any atom is -0.321 e. The first-order valence-electron chi connectivity index (χ1n) is 5.35. The molecular weight excluding hydrogens is 176 g/mol. The Labute approximate surface area is 85.3 Å². The average molecular weight is 196 g/mol. The molecule has 0 saturated carbocycles. The fraction of sp³-hybridized carbons (Fsp3) is 0.800. The molecule has 1 rings (SSSR count). The van der Waals surface area contributed by atoms with E-state index in [1.54, 1.807) is 0 Å². The highest BCUT2D eigenvalue weighted by atomic mass is 15.2. The molecule has 4 nitrogen and oxygen atoms in total. The normalized spacial score (nSPS) is 15.4. The molecule has 14 heavy (non-hydrogen) atoms. The summed E-state index contributed by atoms with van der Waals surface area (Å²) in [4.78, 5) is 4.38. The Balaban J connectivity index is 2.65. The van der Waals surface area contributed by atoms with E-state index < -0.39 is 0 Å². The summed E-state index contributed by atoms with van der Waals surface area (Å²) in [5, 5.41) is 7.07. The van der Waals surface area contributed by atoms with E-state index in [0.29, 0.717) is 5.92 Å². The Bertz CT molecular complexity index is 269. The number of nitrogens with zero attached hydrogens (tertiary/aromatic N) is 2. The van der Waals surface area contributed by atoms with E-state index in [-0.39, 0.29) is 6.04 Å². The Morgan fingerprint density at radius 2 is 2.14 bits per heavy atom. The molecule has 0 radical (unpaired) electrons. The van der Waals surface area contributed by atoms with Crippen LogP contribution in [0.1, 0.15) is 51.3 Å². The Morgan fingerprint density at radius 1 is 1.43 bits per heavy atom. The van der Waals surface area contributed by atoms with Crippen LogP contribution in [0, 0.1) is 5.92 Å². The molecule has 0 aliphatic rings. The van der Waals surface area contributed by atoms with Crippen LogP contribution in [0.25, 0.3) is 0 Å². The second-order valence-electron chi connectivity index (χ2n) is 3.80. The molecule has 1 aromatic heterocycles. The van der Waals surface area contributed by atoms with Gasteiger partial charge in [-0.25, -0.2) is 4.98 Å². The lowest BCUT2D eigenvalue weighted by Gasteiger charge is -2.13. The molecule has 0 fully saturated rings. The summed E-state index contributed by atoms with van der Waals surface area (Å²) in [5.74, 6) is 2.13. The third-order valence-electron chi connectivity index (χ3n) is 2.59. The molecule has 0 bridgehead atoms. The Kier molecular flexibility index (Phi) is 4.07. The number of aryl methyl sites for hydroxylation is 1. The van der Waals surface area contributed by atoms with Crippen LogP contribution in [0.2, 0.25) is 0 Å². The maximum absolute atomic E-state index is 6.01. The summed E-state index contributed by atoms with van der Waals surface area (Å²) in [6, 6.07) is -0.0399. The summed E-state index contributed by atoms with van der Waals surface area (Å²) in [6.45, 7) is 6.38. The maximum atomic E-state index is 6.01. The van der Waals surface area contributed by atoms with Crippen molar-refractivity contribution in [1.82, 2.24) is 15.2 Å². The van der Waals surface area contributed by atoms with Gasteiger partial charge < -0.3 is 5.73 Å². The molecule has 1 aromatic rings. The van der Waals surface area contributed by atoms with Gasteiger partial charge in [0.15, 0.2) is 5.82 Å². The van der Waals surface area contributed by atoms with Crippen LogP contribution in [0.3, 0.4) is 0 Å². The number of rotatable bonds is 5. The van der Waals surface area contributed by atoms with Gasteiger partial charge in [0.2, 0.25) is 0 Å². The summed E-state index contributed by atoms with van der Waals surface area (Å²) >= 11 is 0. The summed E-state index contributed by atoms with van der Waals surface area (Å²) in [5.41, 5.74) is 6.01. The van der Waals surface area contributed by atoms with Crippen LogP contribution < -0.4 is 5.73 Å². The molecule has 0 aliphatic heterocycles. The van der Waals surface area contributed by atoms with Crippen molar-refractivity contribution in [2.24, 2.45) is 11.7 Å². The molecule has 0 spiro atoms. The number of nitrogens with one attached hydrogen (secondary N) is 1. The van der Waals surface area contributed by atoms with Gasteiger partial charge in [0.25, 0.3) is 0 Å². The summed E-state index contributed by atoms with van der Waals surface area (Å²) in [6.07, 6.45) is 3.08. The number of nitrogens with two attached hydrogens (primary N) is 1. The minimum absolute atomic E-state index is 0.0399. The van der Waals surface area contributed by atoms with E-state index in [1.807, 2.05) is 0 Å². The summed E-state index contributed by atoms with van der Waals surface area (Å²) in [7, 11) is 0. The van der Waals surface area contributed by atoms with Gasteiger partial charge in [-0.2, -0.15) is 5.10 Å². The summed E-state index contributed by atoms with van der Waals surface area (Å²) < 4.78 is 0. The van der Waals surface area contributed by atoms with Crippen molar-refractivity contribution in [3.8, 4) is 0 Å². The van der Waals surface area contributed by atoms with Crippen LogP contribution in [-0.2, 0) is 6.42 Å². The topological polar surface area (TPSA) is 67.6 Å². The SMILES string of the molecule is CCCc1nc([C@@H](N)C(C)CC)n[nH]1. The van der Waals surface area contributed by atoms with Crippen LogP contribution >= 0.6 is 0 Å². The fourth-order valence-corrected chi connectivity index (χ4v) is 1.32. The lowest BCUT2D eigenvalue weighted by atomic mass is 10.00. The highest BCUT2D eigenvalue weighted by molar-refractivity contribution is 4.97. The molecular formula is C10H20N4. The zero-order valence-electron chi connectivity index (χ0n) is 9.25. The first-order valence-corrected chi connectivity index (χ1v) is 5.35. The second-order valence-corrected chi connectivity index (χ2v) is 3.80. The third kappa shape index (κ3) is 2.54. The standard InChI is InChI=1S/C10H20N4/c1-4-6-8-12-10(14-13-8)9(11)7(3)5-2/h7,9H,4-6,11H2,1-3H3,(H,12,13,14)/t7?,9-/m0/s1. The number of aromatic amines is 1.